The average molecular weight is 393 g/mol. The van der Waals surface area contributed by atoms with Gasteiger partial charge in [0.1, 0.15) is 5.82 Å². The van der Waals surface area contributed by atoms with E-state index in [1.54, 1.807) is 4.57 Å². The van der Waals surface area contributed by atoms with E-state index in [4.69, 9.17) is 4.74 Å². The lowest BCUT2D eigenvalue weighted by Gasteiger charge is -2.07. The number of ether oxygens (including phenoxy) is 1. The van der Waals surface area contributed by atoms with Crippen molar-refractivity contribution in [2.24, 2.45) is 0 Å². The summed E-state index contributed by atoms with van der Waals surface area (Å²) in [4.78, 5) is 23.3. The van der Waals surface area contributed by atoms with Crippen molar-refractivity contribution >= 4 is 5.97 Å². The Morgan fingerprint density at radius 1 is 1.03 bits per heavy atom. The molecule has 0 atom stereocenters. The molecule has 0 aliphatic carbocycles. The molecule has 0 amide bonds. The van der Waals surface area contributed by atoms with Crippen molar-refractivity contribution in [3.8, 4) is 11.1 Å². The Balaban J connectivity index is 1.60. The molecule has 1 N–H and O–H groups in total. The van der Waals surface area contributed by atoms with Crippen molar-refractivity contribution < 1.29 is 9.53 Å². The maximum Gasteiger partial charge on any atom is 0.343 e. The molecule has 0 unspecified atom stereocenters. The van der Waals surface area contributed by atoms with Gasteiger partial charge in [-0.3, -0.25) is 9.36 Å². The number of H-pyrrole nitrogens is 1. The van der Waals surface area contributed by atoms with Gasteiger partial charge in [0.25, 0.3) is 0 Å². The van der Waals surface area contributed by atoms with Crippen LogP contribution < -0.4 is 5.69 Å². The average Bonchev–Trinajstić information content (AvgIpc) is 3.08. The highest BCUT2D eigenvalue weighted by Crippen LogP contribution is 2.22. The van der Waals surface area contributed by atoms with Gasteiger partial charge in [0, 0.05) is 13.0 Å². The summed E-state index contributed by atoms with van der Waals surface area (Å²) in [6, 6.07) is 16.5. The van der Waals surface area contributed by atoms with E-state index < -0.39 is 0 Å². The van der Waals surface area contributed by atoms with Crippen LogP contribution in [0, 0.1) is 0 Å². The van der Waals surface area contributed by atoms with Gasteiger partial charge in [-0.2, -0.15) is 5.10 Å². The summed E-state index contributed by atoms with van der Waals surface area (Å²) in [5.74, 6) is 0.609. The van der Waals surface area contributed by atoms with Gasteiger partial charge in [0.15, 0.2) is 0 Å². The lowest BCUT2D eigenvalue weighted by atomic mass is 9.99. The standard InChI is InChI=1S/C23H27N3O3/c1-3-26-21(24-25-23(26)28)10-6-7-17-11-13-19(14-12-17)20-9-5-8-18(15-20)16-22(27)29-4-2/h5,8-9,11-15H,3-4,6-7,10,16H2,1-2H3,(H,25,28). The number of benzene rings is 2. The van der Waals surface area contributed by atoms with E-state index in [0.717, 1.165) is 41.8 Å². The highest BCUT2D eigenvalue weighted by molar-refractivity contribution is 5.74. The topological polar surface area (TPSA) is 77.0 Å². The zero-order chi connectivity index (χ0) is 20.6. The first-order valence-electron chi connectivity index (χ1n) is 10.1. The molecule has 0 saturated carbocycles. The van der Waals surface area contributed by atoms with E-state index >= 15 is 0 Å². The number of hydrogen-bond donors (Lipinski definition) is 1. The normalized spacial score (nSPS) is 10.8. The van der Waals surface area contributed by atoms with Gasteiger partial charge >= 0.3 is 11.7 Å². The van der Waals surface area contributed by atoms with Crippen LogP contribution in [0.3, 0.4) is 0 Å². The molecule has 0 aliphatic heterocycles. The molecule has 0 spiro atoms. The third kappa shape index (κ3) is 5.44. The fourth-order valence-electron chi connectivity index (χ4n) is 3.42. The Morgan fingerprint density at radius 3 is 2.55 bits per heavy atom. The number of esters is 1. The van der Waals surface area contributed by atoms with E-state index in [9.17, 15) is 9.59 Å². The maximum absolute atomic E-state index is 11.7. The summed E-state index contributed by atoms with van der Waals surface area (Å²) in [5.41, 5.74) is 4.26. The molecule has 1 heterocycles. The summed E-state index contributed by atoms with van der Waals surface area (Å²) >= 11 is 0. The second-order valence-electron chi connectivity index (χ2n) is 6.92. The molecule has 29 heavy (non-hydrogen) atoms. The van der Waals surface area contributed by atoms with E-state index in [0.29, 0.717) is 13.2 Å². The highest BCUT2D eigenvalue weighted by Gasteiger charge is 2.07. The van der Waals surface area contributed by atoms with Crippen LogP contribution in [-0.4, -0.2) is 27.3 Å². The van der Waals surface area contributed by atoms with Gasteiger partial charge in [-0.15, -0.1) is 0 Å². The van der Waals surface area contributed by atoms with Gasteiger partial charge in [-0.25, -0.2) is 9.89 Å². The van der Waals surface area contributed by atoms with Crippen LogP contribution in [0.5, 0.6) is 0 Å². The second kappa shape index (κ2) is 9.87. The van der Waals surface area contributed by atoms with Crippen molar-refractivity contribution in [1.29, 1.82) is 0 Å². The largest absolute Gasteiger partial charge is 0.466 e. The first-order chi connectivity index (χ1) is 14.1. The first kappa shape index (κ1) is 20.6. The number of aryl methyl sites for hydroxylation is 2. The first-order valence-corrected chi connectivity index (χ1v) is 10.1. The fraction of sp³-hybridized carbons (Fsp3) is 0.348. The number of hydrogen-bond acceptors (Lipinski definition) is 4. The molecular weight excluding hydrogens is 366 g/mol. The van der Waals surface area contributed by atoms with E-state index in [2.05, 4.69) is 34.5 Å². The van der Waals surface area contributed by atoms with Crippen molar-refractivity contribution in [2.75, 3.05) is 6.61 Å². The molecule has 6 heteroatoms. The number of nitrogens with one attached hydrogen (secondary N) is 1. The van der Waals surface area contributed by atoms with Gasteiger partial charge < -0.3 is 4.74 Å². The fourth-order valence-corrected chi connectivity index (χ4v) is 3.42. The van der Waals surface area contributed by atoms with Crippen molar-refractivity contribution in [3.05, 3.63) is 76.0 Å². The van der Waals surface area contributed by atoms with Crippen LogP contribution in [0.25, 0.3) is 11.1 Å². The van der Waals surface area contributed by atoms with Gasteiger partial charge in [-0.1, -0.05) is 48.5 Å². The lowest BCUT2D eigenvalue weighted by molar-refractivity contribution is -0.142. The molecule has 1 aromatic heterocycles. The molecule has 152 valence electrons. The smallest absolute Gasteiger partial charge is 0.343 e. The van der Waals surface area contributed by atoms with Crippen molar-refractivity contribution in [1.82, 2.24) is 14.8 Å². The van der Waals surface area contributed by atoms with Gasteiger partial charge in [0.05, 0.1) is 13.0 Å². The molecule has 0 radical (unpaired) electrons. The minimum atomic E-state index is -0.203. The molecule has 0 bridgehead atoms. The Hall–Kier alpha value is -3.15. The third-order valence-corrected chi connectivity index (χ3v) is 4.89. The molecule has 3 aromatic rings. The Bertz CT molecular complexity index is 1000. The maximum atomic E-state index is 11.7. The number of aromatic amines is 1. The Labute approximate surface area is 170 Å². The monoisotopic (exact) mass is 393 g/mol. The molecular formula is C23H27N3O3. The van der Waals surface area contributed by atoms with Gasteiger partial charge in [0.2, 0.25) is 0 Å². The molecule has 6 nitrogen and oxygen atoms in total. The van der Waals surface area contributed by atoms with Crippen LogP contribution in [0.2, 0.25) is 0 Å². The van der Waals surface area contributed by atoms with E-state index in [1.807, 2.05) is 38.1 Å². The summed E-state index contributed by atoms with van der Waals surface area (Å²) in [7, 11) is 0. The number of nitrogens with zero attached hydrogens (tertiary/aromatic N) is 2. The molecule has 0 aliphatic rings. The predicted molar refractivity (Wildman–Crippen MR) is 113 cm³/mol. The zero-order valence-corrected chi connectivity index (χ0v) is 17.0. The van der Waals surface area contributed by atoms with E-state index in [-0.39, 0.29) is 18.1 Å². The molecule has 2 aromatic carbocycles. The minimum absolute atomic E-state index is 0.142. The zero-order valence-electron chi connectivity index (χ0n) is 17.0. The summed E-state index contributed by atoms with van der Waals surface area (Å²) in [5, 5.41) is 6.62. The summed E-state index contributed by atoms with van der Waals surface area (Å²) < 4.78 is 6.70. The van der Waals surface area contributed by atoms with E-state index in [1.165, 1.54) is 5.56 Å². The minimum Gasteiger partial charge on any atom is -0.466 e. The number of aromatic nitrogens is 3. The highest BCUT2D eigenvalue weighted by atomic mass is 16.5. The van der Waals surface area contributed by atoms with Crippen molar-refractivity contribution in [3.63, 3.8) is 0 Å². The Morgan fingerprint density at radius 2 is 1.83 bits per heavy atom. The van der Waals surface area contributed by atoms with Crippen LogP contribution in [-0.2, 0) is 35.3 Å². The number of rotatable bonds is 9. The predicted octanol–water partition coefficient (Wildman–Crippen LogP) is 3.54. The summed E-state index contributed by atoms with van der Waals surface area (Å²) in [6.45, 7) is 4.79. The van der Waals surface area contributed by atoms with Crippen LogP contribution in [0.15, 0.2) is 53.3 Å². The molecule has 0 fully saturated rings. The third-order valence-electron chi connectivity index (χ3n) is 4.89. The lowest BCUT2D eigenvalue weighted by Crippen LogP contribution is -2.17. The van der Waals surface area contributed by atoms with Crippen LogP contribution in [0.1, 0.15) is 37.2 Å². The molecule has 0 saturated heterocycles. The van der Waals surface area contributed by atoms with Gasteiger partial charge in [-0.05, 0) is 48.9 Å². The van der Waals surface area contributed by atoms with Crippen LogP contribution >= 0.6 is 0 Å². The Kier molecular flexibility index (Phi) is 7.00. The number of carbonyl (C=O) groups is 1. The van der Waals surface area contributed by atoms with Crippen LogP contribution in [0.4, 0.5) is 0 Å². The molecule has 3 rings (SSSR count). The quantitative estimate of drug-likeness (QED) is 0.564. The SMILES string of the molecule is CCOC(=O)Cc1cccc(-c2ccc(CCCc3n[nH]c(=O)n3CC)cc2)c1. The summed E-state index contributed by atoms with van der Waals surface area (Å²) in [6.07, 6.45) is 2.91. The number of carbonyl (C=O) groups excluding carboxylic acids is 1. The van der Waals surface area contributed by atoms with Crippen molar-refractivity contribution in [2.45, 2.75) is 46.1 Å². The second-order valence-corrected chi connectivity index (χ2v) is 6.92.